The van der Waals surface area contributed by atoms with Gasteiger partial charge < -0.3 is 0 Å². The smallest absolute Gasteiger partial charge is 0.0740 e. The summed E-state index contributed by atoms with van der Waals surface area (Å²) in [4.78, 5) is 4.62. The van der Waals surface area contributed by atoms with Crippen molar-refractivity contribution in [1.29, 1.82) is 0 Å². The van der Waals surface area contributed by atoms with Gasteiger partial charge in [0, 0.05) is 18.3 Å². The molecule has 0 N–H and O–H groups in total. The Bertz CT molecular complexity index is 1470. The number of aromatic nitrogens is 1. The quantitative estimate of drug-likeness (QED) is 0.270. The Kier molecular flexibility index (Phi) is 3.04. The van der Waals surface area contributed by atoms with Crippen molar-refractivity contribution in [2.24, 2.45) is 5.92 Å². The molecule has 0 saturated carbocycles. The zero-order chi connectivity index (χ0) is 20.9. The second-order valence-corrected chi connectivity index (χ2v) is 9.52. The van der Waals surface area contributed by atoms with Crippen LogP contribution < -0.4 is 0 Å². The monoisotopic (exact) mass is 407 g/mol. The van der Waals surface area contributed by atoms with Gasteiger partial charge >= 0.3 is 0 Å². The molecule has 0 radical (unpaired) electrons. The summed E-state index contributed by atoms with van der Waals surface area (Å²) in [5.74, 6) is 1.10. The predicted octanol–water partition coefficient (Wildman–Crippen LogP) is 6.81. The Morgan fingerprint density at radius 3 is 2.25 bits per heavy atom. The van der Waals surface area contributed by atoms with Gasteiger partial charge in [0.05, 0.1) is 5.41 Å². The van der Waals surface area contributed by atoms with Crippen molar-refractivity contribution in [2.75, 3.05) is 0 Å². The Balaban J connectivity index is 1.52. The third kappa shape index (κ3) is 1.81. The third-order valence-electron chi connectivity index (χ3n) is 8.21. The second kappa shape index (κ2) is 5.75. The lowest BCUT2D eigenvalue weighted by molar-refractivity contribution is 0.630. The van der Waals surface area contributed by atoms with E-state index in [9.17, 15) is 0 Å². The minimum absolute atomic E-state index is 0.277. The molecular weight excluding hydrogens is 386 g/mol. The van der Waals surface area contributed by atoms with Crippen molar-refractivity contribution in [1.82, 2.24) is 4.98 Å². The molecule has 3 unspecified atom stereocenters. The molecule has 3 aromatic carbocycles. The standard InChI is InChI=1S/C31H21N/c1-2-8-21-19(7-1)15-20-16-29-26(17-25(20)21)23-10-4-6-12-28(23)31(29)27-11-5-3-9-22(27)24-13-14-32-18-30(24)31/h1-14,16-19,21H,15H2. The van der Waals surface area contributed by atoms with E-state index >= 15 is 0 Å². The summed E-state index contributed by atoms with van der Waals surface area (Å²) in [6.07, 6.45) is 14.4. The van der Waals surface area contributed by atoms with Gasteiger partial charge in [-0.2, -0.15) is 0 Å². The minimum Gasteiger partial charge on any atom is -0.264 e. The number of rotatable bonds is 0. The van der Waals surface area contributed by atoms with E-state index in [2.05, 4.69) is 102 Å². The van der Waals surface area contributed by atoms with Crippen LogP contribution in [0.25, 0.3) is 22.3 Å². The zero-order valence-corrected chi connectivity index (χ0v) is 17.6. The van der Waals surface area contributed by atoms with Gasteiger partial charge in [-0.3, -0.25) is 4.98 Å². The van der Waals surface area contributed by atoms with Gasteiger partial charge in [-0.1, -0.05) is 78.9 Å². The van der Waals surface area contributed by atoms with Crippen LogP contribution in [0.5, 0.6) is 0 Å². The number of fused-ring (bicyclic) bond motifs is 13. The summed E-state index contributed by atoms with van der Waals surface area (Å²) < 4.78 is 0. The summed E-state index contributed by atoms with van der Waals surface area (Å²) in [6, 6.07) is 25.3. The number of allylic oxidation sites excluding steroid dienone is 4. The van der Waals surface area contributed by atoms with E-state index in [0.717, 1.165) is 6.42 Å². The number of pyridine rings is 1. The molecule has 0 saturated heterocycles. The topological polar surface area (TPSA) is 12.9 Å². The van der Waals surface area contributed by atoms with Crippen molar-refractivity contribution in [3.05, 3.63) is 137 Å². The van der Waals surface area contributed by atoms with Gasteiger partial charge in [0.1, 0.15) is 0 Å². The van der Waals surface area contributed by atoms with Crippen molar-refractivity contribution >= 4 is 0 Å². The van der Waals surface area contributed by atoms with E-state index in [1.807, 2.05) is 6.20 Å². The molecule has 8 rings (SSSR count). The molecule has 1 heterocycles. The van der Waals surface area contributed by atoms with Crippen molar-refractivity contribution in [3.63, 3.8) is 0 Å². The average molecular weight is 408 g/mol. The van der Waals surface area contributed by atoms with E-state index in [0.29, 0.717) is 11.8 Å². The molecule has 3 atom stereocenters. The number of hydrogen-bond donors (Lipinski definition) is 0. The molecule has 1 nitrogen and oxygen atoms in total. The molecule has 4 aliphatic rings. The molecule has 4 aromatic rings. The summed E-state index contributed by atoms with van der Waals surface area (Å²) in [7, 11) is 0. The van der Waals surface area contributed by atoms with Crippen LogP contribution in [0.15, 0.2) is 103 Å². The Morgan fingerprint density at radius 1 is 0.688 bits per heavy atom. The minimum atomic E-state index is -0.277. The molecule has 0 bridgehead atoms. The summed E-state index contributed by atoms with van der Waals surface area (Å²) in [5, 5.41) is 0. The number of benzene rings is 3. The second-order valence-electron chi connectivity index (χ2n) is 9.52. The third-order valence-corrected chi connectivity index (χ3v) is 8.21. The van der Waals surface area contributed by atoms with Crippen LogP contribution in [-0.2, 0) is 11.8 Å². The molecule has 1 spiro atoms. The first-order valence-corrected chi connectivity index (χ1v) is 11.5. The van der Waals surface area contributed by atoms with Crippen LogP contribution in [0.4, 0.5) is 0 Å². The molecule has 1 heteroatoms. The van der Waals surface area contributed by atoms with Crippen LogP contribution in [0, 0.1) is 5.92 Å². The molecule has 0 aliphatic heterocycles. The van der Waals surface area contributed by atoms with Crippen molar-refractivity contribution < 1.29 is 0 Å². The van der Waals surface area contributed by atoms with E-state index in [-0.39, 0.29) is 5.41 Å². The summed E-state index contributed by atoms with van der Waals surface area (Å²) >= 11 is 0. The molecule has 150 valence electrons. The fraction of sp³-hybridized carbons (Fsp3) is 0.129. The lowest BCUT2D eigenvalue weighted by Crippen LogP contribution is -2.26. The predicted molar refractivity (Wildman–Crippen MR) is 129 cm³/mol. The Labute approximate surface area is 187 Å². The highest BCUT2D eigenvalue weighted by Crippen LogP contribution is 2.63. The Hall–Kier alpha value is -3.71. The molecule has 1 aromatic heterocycles. The van der Waals surface area contributed by atoms with Gasteiger partial charge in [-0.15, -0.1) is 0 Å². The van der Waals surface area contributed by atoms with Crippen molar-refractivity contribution in [3.8, 4) is 22.3 Å². The maximum atomic E-state index is 4.62. The fourth-order valence-corrected chi connectivity index (χ4v) is 7.01. The largest absolute Gasteiger partial charge is 0.264 e. The number of hydrogen-bond acceptors (Lipinski definition) is 1. The average Bonchev–Trinajstić information content (AvgIpc) is 3.46. The number of nitrogens with zero attached hydrogens (tertiary/aromatic N) is 1. The van der Waals surface area contributed by atoms with Crippen LogP contribution in [0.3, 0.4) is 0 Å². The van der Waals surface area contributed by atoms with E-state index < -0.39 is 0 Å². The molecule has 4 aliphatic carbocycles. The van der Waals surface area contributed by atoms with Crippen LogP contribution in [0.1, 0.15) is 39.3 Å². The van der Waals surface area contributed by atoms with Crippen LogP contribution >= 0.6 is 0 Å². The van der Waals surface area contributed by atoms with Gasteiger partial charge in [0.25, 0.3) is 0 Å². The van der Waals surface area contributed by atoms with E-state index in [4.69, 9.17) is 0 Å². The van der Waals surface area contributed by atoms with Gasteiger partial charge in [-0.25, -0.2) is 0 Å². The Morgan fingerprint density at radius 2 is 1.41 bits per heavy atom. The van der Waals surface area contributed by atoms with E-state index in [1.54, 1.807) is 0 Å². The first kappa shape index (κ1) is 16.9. The lowest BCUT2D eigenvalue weighted by Gasteiger charge is -2.30. The summed E-state index contributed by atoms with van der Waals surface area (Å²) in [6.45, 7) is 0. The normalized spacial score (nSPS) is 24.6. The molecule has 0 amide bonds. The highest BCUT2D eigenvalue weighted by molar-refractivity contribution is 5.95. The van der Waals surface area contributed by atoms with Gasteiger partial charge in [0.2, 0.25) is 0 Å². The molecular formula is C31H21N. The van der Waals surface area contributed by atoms with Gasteiger partial charge in [-0.05, 0) is 80.1 Å². The first-order valence-electron chi connectivity index (χ1n) is 11.5. The van der Waals surface area contributed by atoms with Crippen molar-refractivity contribution in [2.45, 2.75) is 17.8 Å². The highest BCUT2D eigenvalue weighted by Gasteiger charge is 2.52. The summed E-state index contributed by atoms with van der Waals surface area (Å²) in [5.41, 5.74) is 13.7. The highest BCUT2D eigenvalue weighted by atomic mass is 14.7. The molecule has 0 fully saturated rings. The maximum Gasteiger partial charge on any atom is 0.0740 e. The zero-order valence-electron chi connectivity index (χ0n) is 17.6. The lowest BCUT2D eigenvalue weighted by atomic mass is 9.70. The first-order chi connectivity index (χ1) is 15.9. The van der Waals surface area contributed by atoms with Crippen LogP contribution in [-0.4, -0.2) is 4.98 Å². The fourth-order valence-electron chi connectivity index (χ4n) is 7.01. The van der Waals surface area contributed by atoms with Gasteiger partial charge in [0.15, 0.2) is 0 Å². The SMILES string of the molecule is C1=CC2Cc3cc4c(cc3C2C=C1)-c1ccccc1C41c2ccccc2-c2ccncc21. The van der Waals surface area contributed by atoms with Crippen LogP contribution in [0.2, 0.25) is 0 Å². The maximum absolute atomic E-state index is 4.62. The van der Waals surface area contributed by atoms with E-state index in [1.165, 1.54) is 55.6 Å². The molecule has 32 heavy (non-hydrogen) atoms.